The molecule has 0 saturated heterocycles. The molecule has 0 fully saturated rings. The lowest BCUT2D eigenvalue weighted by molar-refractivity contribution is 0.00774. The number of ether oxygens (including phenoxy) is 2. The van der Waals surface area contributed by atoms with Gasteiger partial charge in [-0.3, -0.25) is 4.79 Å². The third-order valence-corrected chi connectivity index (χ3v) is 4.78. The van der Waals surface area contributed by atoms with Crippen molar-refractivity contribution in [3.05, 3.63) is 34.0 Å². The Bertz CT molecular complexity index is 661. The van der Waals surface area contributed by atoms with Gasteiger partial charge in [-0.05, 0) is 19.3 Å². The Morgan fingerprint density at radius 1 is 1.07 bits per heavy atom. The lowest BCUT2D eigenvalue weighted by atomic mass is 9.87. The van der Waals surface area contributed by atoms with Crippen LogP contribution in [0.15, 0.2) is 27.2 Å². The summed E-state index contributed by atoms with van der Waals surface area (Å²) in [6.45, 7) is 10.6. The Labute approximate surface area is 159 Å². The molecule has 1 atom stereocenters. The Kier molecular flexibility index (Phi) is 7.67. The summed E-state index contributed by atoms with van der Waals surface area (Å²) < 4.78 is 16.5. The van der Waals surface area contributed by atoms with Crippen molar-refractivity contribution in [2.75, 3.05) is 26.4 Å². The highest BCUT2D eigenvalue weighted by Gasteiger charge is 2.30. The van der Waals surface area contributed by atoms with E-state index in [4.69, 9.17) is 18.8 Å². The van der Waals surface area contributed by atoms with E-state index in [-0.39, 0.29) is 16.4 Å². The molecule has 8 nitrogen and oxygen atoms in total. The number of aromatic nitrogens is 1. The molecule has 0 bridgehead atoms. The number of hydrogen-bond donors (Lipinski definition) is 3. The number of aromatic amines is 1. The minimum Gasteiger partial charge on any atom is -0.410 e. The maximum atomic E-state index is 11.2. The van der Waals surface area contributed by atoms with Crippen molar-refractivity contribution in [3.8, 4) is 0 Å². The van der Waals surface area contributed by atoms with Crippen LogP contribution in [0, 0.1) is 5.41 Å². The van der Waals surface area contributed by atoms with Gasteiger partial charge in [0.25, 0.3) is 5.56 Å². The number of hydrogen-bond acceptors (Lipinski definition) is 7. The van der Waals surface area contributed by atoms with Gasteiger partial charge in [-0.1, -0.05) is 27.7 Å². The lowest BCUT2D eigenvalue weighted by Crippen LogP contribution is -2.22. The molecule has 0 radical (unpaired) electrons. The minimum atomic E-state index is -0.740. The van der Waals surface area contributed by atoms with Crippen molar-refractivity contribution in [1.29, 1.82) is 0 Å². The summed E-state index contributed by atoms with van der Waals surface area (Å²) in [4.78, 5) is 16.4. The zero-order chi connectivity index (χ0) is 19.9. The van der Waals surface area contributed by atoms with E-state index in [1.807, 2.05) is 13.8 Å². The standard InChI is InChI=1S/C19H32N2O6/c1-18(2,14-12-16(22)20-26-14)6-10-24-8-5-9-25-11-7-19(3,4)15-13-17(23)21-27-15/h12-13,16,20,22H,5-11H2,1-4H3,(H,21,23). The molecule has 2 rings (SSSR count). The second kappa shape index (κ2) is 9.54. The molecule has 0 amide bonds. The van der Waals surface area contributed by atoms with E-state index in [9.17, 15) is 9.90 Å². The van der Waals surface area contributed by atoms with Crippen LogP contribution < -0.4 is 11.0 Å². The summed E-state index contributed by atoms with van der Waals surface area (Å²) in [6, 6.07) is 1.48. The van der Waals surface area contributed by atoms with Crippen LogP contribution in [0.25, 0.3) is 0 Å². The van der Waals surface area contributed by atoms with E-state index < -0.39 is 6.23 Å². The monoisotopic (exact) mass is 384 g/mol. The number of aliphatic hydroxyl groups is 1. The molecule has 1 aliphatic heterocycles. The van der Waals surface area contributed by atoms with E-state index in [2.05, 4.69) is 24.5 Å². The van der Waals surface area contributed by atoms with Gasteiger partial charge in [-0.2, -0.15) is 5.16 Å². The van der Waals surface area contributed by atoms with Crippen LogP contribution in [0.2, 0.25) is 0 Å². The second-order valence-electron chi connectivity index (χ2n) is 8.12. The van der Waals surface area contributed by atoms with Crippen LogP contribution in [-0.2, 0) is 19.7 Å². The zero-order valence-corrected chi connectivity index (χ0v) is 16.7. The third kappa shape index (κ3) is 6.80. The summed E-state index contributed by atoms with van der Waals surface area (Å²) in [5.74, 6) is 1.38. The fourth-order valence-corrected chi connectivity index (χ4v) is 2.68. The van der Waals surface area contributed by atoms with Gasteiger partial charge >= 0.3 is 0 Å². The molecule has 1 aromatic heterocycles. The maximum absolute atomic E-state index is 11.2. The number of rotatable bonds is 12. The molecule has 154 valence electrons. The largest absolute Gasteiger partial charge is 0.410 e. The van der Waals surface area contributed by atoms with Crippen LogP contribution in [0.1, 0.15) is 52.7 Å². The first-order valence-electron chi connectivity index (χ1n) is 9.38. The first-order valence-corrected chi connectivity index (χ1v) is 9.38. The van der Waals surface area contributed by atoms with Crippen molar-refractivity contribution in [3.63, 3.8) is 0 Å². The molecule has 0 aliphatic carbocycles. The van der Waals surface area contributed by atoms with E-state index in [0.29, 0.717) is 32.2 Å². The van der Waals surface area contributed by atoms with Crippen LogP contribution >= 0.6 is 0 Å². The number of hydroxylamine groups is 1. The molecule has 2 heterocycles. The van der Waals surface area contributed by atoms with Gasteiger partial charge in [0, 0.05) is 49.4 Å². The van der Waals surface area contributed by atoms with Crippen molar-refractivity contribution in [1.82, 2.24) is 10.6 Å². The van der Waals surface area contributed by atoms with Crippen LogP contribution in [0.5, 0.6) is 0 Å². The first-order chi connectivity index (χ1) is 12.7. The fraction of sp³-hybridized carbons (Fsp3) is 0.737. The summed E-state index contributed by atoms with van der Waals surface area (Å²) in [7, 11) is 0. The molecule has 1 aromatic rings. The highest BCUT2D eigenvalue weighted by molar-refractivity contribution is 5.09. The molecule has 1 unspecified atom stereocenters. The van der Waals surface area contributed by atoms with E-state index in [1.54, 1.807) is 6.08 Å². The summed E-state index contributed by atoms with van der Waals surface area (Å²) in [5, 5.41) is 11.7. The second-order valence-corrected chi connectivity index (χ2v) is 8.12. The van der Waals surface area contributed by atoms with Gasteiger partial charge in [-0.15, -0.1) is 5.48 Å². The Morgan fingerprint density at radius 3 is 2.22 bits per heavy atom. The quantitative estimate of drug-likeness (QED) is 0.474. The summed E-state index contributed by atoms with van der Waals surface area (Å²) in [6.07, 6.45) is 3.31. The third-order valence-electron chi connectivity index (χ3n) is 4.78. The Balaban J connectivity index is 1.51. The van der Waals surface area contributed by atoms with Gasteiger partial charge in [0.2, 0.25) is 0 Å². The smallest absolute Gasteiger partial charge is 0.280 e. The molecule has 1 aliphatic rings. The molecule has 0 aromatic carbocycles. The maximum Gasteiger partial charge on any atom is 0.280 e. The van der Waals surface area contributed by atoms with Gasteiger partial charge in [0.1, 0.15) is 11.5 Å². The molecule has 27 heavy (non-hydrogen) atoms. The van der Waals surface area contributed by atoms with E-state index in [1.165, 1.54) is 6.07 Å². The molecule has 0 spiro atoms. The topological polar surface area (TPSA) is 106 Å². The zero-order valence-electron chi connectivity index (χ0n) is 16.7. The minimum absolute atomic E-state index is 0.195. The summed E-state index contributed by atoms with van der Waals surface area (Å²) in [5.41, 5.74) is 1.85. The van der Waals surface area contributed by atoms with E-state index >= 15 is 0 Å². The van der Waals surface area contributed by atoms with Crippen LogP contribution in [0.4, 0.5) is 0 Å². The van der Waals surface area contributed by atoms with Crippen molar-refractivity contribution in [2.24, 2.45) is 5.41 Å². The van der Waals surface area contributed by atoms with Gasteiger partial charge in [0.15, 0.2) is 6.23 Å². The van der Waals surface area contributed by atoms with Gasteiger partial charge in [-0.25, -0.2) is 0 Å². The average Bonchev–Trinajstić information content (AvgIpc) is 3.22. The van der Waals surface area contributed by atoms with E-state index in [0.717, 1.165) is 25.0 Å². The molecular weight excluding hydrogens is 352 g/mol. The van der Waals surface area contributed by atoms with Gasteiger partial charge < -0.3 is 23.9 Å². The molecular formula is C19H32N2O6. The van der Waals surface area contributed by atoms with Crippen molar-refractivity contribution < 1.29 is 23.9 Å². The van der Waals surface area contributed by atoms with Crippen LogP contribution in [-0.4, -0.2) is 42.9 Å². The SMILES string of the molecule is CC(C)(CCOCCCOCCC(C)(C)c1cc(=O)[nH]o1)C1=CC(O)NO1. The highest BCUT2D eigenvalue weighted by atomic mass is 16.7. The molecule has 8 heteroatoms. The molecule has 3 N–H and O–H groups in total. The average molecular weight is 384 g/mol. The summed E-state index contributed by atoms with van der Waals surface area (Å²) >= 11 is 0. The van der Waals surface area contributed by atoms with Crippen molar-refractivity contribution in [2.45, 2.75) is 58.6 Å². The Morgan fingerprint density at radius 2 is 1.70 bits per heavy atom. The fourth-order valence-electron chi connectivity index (χ4n) is 2.68. The number of aliphatic hydroxyl groups excluding tert-OH is 1. The number of allylic oxidation sites excluding steroid dienone is 1. The molecule has 0 saturated carbocycles. The van der Waals surface area contributed by atoms with Gasteiger partial charge in [0.05, 0.1) is 0 Å². The van der Waals surface area contributed by atoms with Crippen LogP contribution in [0.3, 0.4) is 0 Å². The highest BCUT2D eigenvalue weighted by Crippen LogP contribution is 2.32. The Hall–Kier alpha value is -1.61. The lowest BCUT2D eigenvalue weighted by Gasteiger charge is -2.24. The first kappa shape index (κ1) is 21.7. The normalized spacial score (nSPS) is 17.8. The number of nitrogens with one attached hydrogen (secondary N) is 2. The van der Waals surface area contributed by atoms with Crippen molar-refractivity contribution >= 4 is 0 Å². The predicted molar refractivity (Wildman–Crippen MR) is 99.9 cm³/mol. The number of H-pyrrole nitrogens is 1. The predicted octanol–water partition coefficient (Wildman–Crippen LogP) is 2.21.